The van der Waals surface area contributed by atoms with Crippen molar-refractivity contribution in [3.05, 3.63) is 104 Å². The molecule has 2 aromatic heterocycles. The number of hydrogen-bond donors (Lipinski definition) is 2. The van der Waals surface area contributed by atoms with Crippen LogP contribution >= 0.6 is 34.8 Å². The van der Waals surface area contributed by atoms with Crippen molar-refractivity contribution < 1.29 is 0 Å². The Balaban J connectivity index is 1.37. The number of benzene rings is 3. The molecule has 0 spiro atoms. The van der Waals surface area contributed by atoms with E-state index in [1.54, 1.807) is 0 Å². The smallest absolute Gasteiger partial charge is 0.109 e. The molecule has 0 amide bonds. The lowest BCUT2D eigenvalue weighted by atomic mass is 9.98. The molecule has 8 nitrogen and oxygen atoms in total. The highest BCUT2D eigenvalue weighted by atomic mass is 35.5. The highest BCUT2D eigenvalue weighted by Gasteiger charge is 2.29. The molecular formula is C35H35Cl3N8. The van der Waals surface area contributed by atoms with Crippen LogP contribution in [0.3, 0.4) is 0 Å². The molecule has 11 heteroatoms. The number of anilines is 3. The van der Waals surface area contributed by atoms with Gasteiger partial charge < -0.3 is 10.6 Å². The van der Waals surface area contributed by atoms with E-state index in [-0.39, 0.29) is 17.6 Å². The number of fused-ring (bicyclic) bond motifs is 1. The third kappa shape index (κ3) is 6.65. The highest BCUT2D eigenvalue weighted by Crippen LogP contribution is 2.38. The Hall–Kier alpha value is -3.87. The summed E-state index contributed by atoms with van der Waals surface area (Å²) in [6.07, 6.45) is 5.59. The number of nitriles is 1. The molecule has 1 unspecified atom stereocenters. The van der Waals surface area contributed by atoms with Gasteiger partial charge in [-0.2, -0.15) is 5.26 Å². The largest absolute Gasteiger partial charge is 0.373 e. The number of likely N-dealkylation sites (tertiary alicyclic amines) is 1. The van der Waals surface area contributed by atoms with E-state index in [0.29, 0.717) is 37.2 Å². The van der Waals surface area contributed by atoms with Crippen LogP contribution in [0.5, 0.6) is 0 Å². The maximum absolute atomic E-state index is 10.0. The molecule has 236 valence electrons. The third-order valence-electron chi connectivity index (χ3n) is 8.70. The SMILES string of the molecule is Cc1c(Cl)cccc1Nc1c(C#N)cnc2c(Cl)cc(NC(c3ccc(Cl)cc3)c3cn(C4CCN(C(C)(C)C)CC4)nn3)cc12. The molecule has 6 rings (SSSR count). The van der Waals surface area contributed by atoms with Gasteiger partial charge in [-0.25, -0.2) is 4.68 Å². The zero-order valence-corrected chi connectivity index (χ0v) is 28.4. The number of piperidine rings is 1. The van der Waals surface area contributed by atoms with E-state index in [0.717, 1.165) is 54.1 Å². The highest BCUT2D eigenvalue weighted by molar-refractivity contribution is 6.36. The van der Waals surface area contributed by atoms with Crippen LogP contribution in [-0.4, -0.2) is 43.5 Å². The van der Waals surface area contributed by atoms with Crippen LogP contribution < -0.4 is 10.6 Å². The second-order valence-electron chi connectivity index (χ2n) is 12.7. The zero-order chi connectivity index (χ0) is 32.6. The molecule has 1 fully saturated rings. The van der Waals surface area contributed by atoms with Crippen molar-refractivity contribution in [3.63, 3.8) is 0 Å². The number of halogens is 3. The Morgan fingerprint density at radius 2 is 1.74 bits per heavy atom. The van der Waals surface area contributed by atoms with E-state index in [9.17, 15) is 5.26 Å². The molecule has 0 radical (unpaired) electrons. The first-order valence-electron chi connectivity index (χ1n) is 15.2. The van der Waals surface area contributed by atoms with E-state index in [2.05, 4.69) is 57.7 Å². The van der Waals surface area contributed by atoms with Gasteiger partial charge in [0.1, 0.15) is 11.8 Å². The van der Waals surface area contributed by atoms with E-state index in [1.807, 2.05) is 72.4 Å². The Labute approximate surface area is 284 Å². The zero-order valence-electron chi connectivity index (χ0n) is 26.2. The lowest BCUT2D eigenvalue weighted by Gasteiger charge is -2.40. The van der Waals surface area contributed by atoms with Crippen LogP contribution in [-0.2, 0) is 0 Å². The maximum Gasteiger partial charge on any atom is 0.109 e. The van der Waals surface area contributed by atoms with Gasteiger partial charge in [-0.1, -0.05) is 58.2 Å². The fourth-order valence-electron chi connectivity index (χ4n) is 5.99. The minimum Gasteiger partial charge on any atom is -0.373 e. The molecule has 1 aliphatic heterocycles. The molecule has 0 aliphatic carbocycles. The lowest BCUT2D eigenvalue weighted by Crippen LogP contribution is -2.46. The summed E-state index contributed by atoms with van der Waals surface area (Å²) in [6, 6.07) is 19.3. The normalized spacial score (nSPS) is 15.1. The fraction of sp³-hybridized carbons (Fsp3) is 0.314. The molecule has 0 saturated carbocycles. The van der Waals surface area contributed by atoms with Crippen LogP contribution in [0.25, 0.3) is 10.9 Å². The van der Waals surface area contributed by atoms with Crippen molar-refractivity contribution in [2.45, 2.75) is 58.2 Å². The van der Waals surface area contributed by atoms with Crippen molar-refractivity contribution in [3.8, 4) is 6.07 Å². The minimum atomic E-state index is -0.354. The van der Waals surface area contributed by atoms with Crippen molar-refractivity contribution in [1.82, 2.24) is 24.9 Å². The number of rotatable bonds is 7. The minimum absolute atomic E-state index is 0.148. The topological polar surface area (TPSA) is 94.7 Å². The molecule has 5 aromatic rings. The first kappa shape index (κ1) is 32.1. The molecule has 2 N–H and O–H groups in total. The molecule has 46 heavy (non-hydrogen) atoms. The number of nitrogens with one attached hydrogen (secondary N) is 2. The van der Waals surface area contributed by atoms with E-state index < -0.39 is 0 Å². The van der Waals surface area contributed by atoms with Crippen molar-refractivity contribution in [2.75, 3.05) is 23.7 Å². The molecule has 1 atom stereocenters. The van der Waals surface area contributed by atoms with Crippen molar-refractivity contribution in [1.29, 1.82) is 5.26 Å². The number of hydrogen-bond acceptors (Lipinski definition) is 7. The fourth-order valence-corrected chi connectivity index (χ4v) is 6.56. The Kier molecular flexibility index (Phi) is 9.13. The molecule has 0 bridgehead atoms. The van der Waals surface area contributed by atoms with Gasteiger partial charge >= 0.3 is 0 Å². The molecule has 1 aliphatic rings. The number of pyridine rings is 1. The van der Waals surface area contributed by atoms with Gasteiger partial charge in [0.15, 0.2) is 0 Å². The summed E-state index contributed by atoms with van der Waals surface area (Å²) in [5.41, 5.74) is 5.82. The van der Waals surface area contributed by atoms with Gasteiger partial charge in [0.25, 0.3) is 0 Å². The molecule has 1 saturated heterocycles. The van der Waals surface area contributed by atoms with Crippen LogP contribution in [0.4, 0.5) is 17.1 Å². The molecule has 3 aromatic carbocycles. The Bertz CT molecular complexity index is 1920. The van der Waals surface area contributed by atoms with Crippen molar-refractivity contribution >= 4 is 62.8 Å². The summed E-state index contributed by atoms with van der Waals surface area (Å²) in [5.74, 6) is 0. The van der Waals surface area contributed by atoms with E-state index in [4.69, 9.17) is 34.8 Å². The second kappa shape index (κ2) is 13.1. The summed E-state index contributed by atoms with van der Waals surface area (Å²) in [5, 5.41) is 28.7. The summed E-state index contributed by atoms with van der Waals surface area (Å²) < 4.78 is 2.01. The average Bonchev–Trinajstić information content (AvgIpc) is 3.53. The summed E-state index contributed by atoms with van der Waals surface area (Å²) in [7, 11) is 0. The first-order valence-corrected chi connectivity index (χ1v) is 16.4. The van der Waals surface area contributed by atoms with Crippen molar-refractivity contribution in [2.24, 2.45) is 0 Å². The second-order valence-corrected chi connectivity index (χ2v) is 13.9. The Morgan fingerprint density at radius 3 is 2.43 bits per heavy atom. The van der Waals surface area contributed by atoms with Crippen LogP contribution in [0.2, 0.25) is 15.1 Å². The summed E-state index contributed by atoms with van der Waals surface area (Å²) in [4.78, 5) is 7.04. The van der Waals surface area contributed by atoms with Gasteiger partial charge in [-0.15, -0.1) is 5.10 Å². The standard InChI is InChI=1S/C35H35Cl3N8/c1-21-28(37)6-5-7-30(21)42-32-23(18-39)19-40-34-27(32)16-25(17-29(34)38)41-33(22-8-10-24(36)11-9-22)31-20-46(44-43-31)26-12-14-45(15-13-26)35(2,3)4/h5-11,16-17,19-20,26,33,41H,12-15H2,1-4H3,(H,40,42). The molecular weight excluding hydrogens is 639 g/mol. The van der Waals surface area contributed by atoms with Gasteiger partial charge in [0.05, 0.1) is 40.1 Å². The predicted molar refractivity (Wildman–Crippen MR) is 187 cm³/mol. The van der Waals surface area contributed by atoms with Crippen LogP contribution in [0, 0.1) is 18.3 Å². The first-order chi connectivity index (χ1) is 22.0. The monoisotopic (exact) mass is 672 g/mol. The van der Waals surface area contributed by atoms with E-state index in [1.165, 1.54) is 6.20 Å². The maximum atomic E-state index is 10.0. The summed E-state index contributed by atoms with van der Waals surface area (Å²) >= 11 is 19.5. The predicted octanol–water partition coefficient (Wildman–Crippen LogP) is 9.35. The van der Waals surface area contributed by atoms with Gasteiger partial charge in [-0.3, -0.25) is 9.88 Å². The van der Waals surface area contributed by atoms with Gasteiger partial charge in [0.2, 0.25) is 0 Å². The lowest BCUT2D eigenvalue weighted by molar-refractivity contribution is 0.0866. The van der Waals surface area contributed by atoms with E-state index >= 15 is 0 Å². The number of aromatic nitrogens is 4. The Morgan fingerprint density at radius 1 is 1.00 bits per heavy atom. The average molecular weight is 674 g/mol. The van der Waals surface area contributed by atoms with Crippen LogP contribution in [0.15, 0.2) is 67.0 Å². The van der Waals surface area contributed by atoms with Gasteiger partial charge in [0, 0.05) is 51.6 Å². The number of nitrogens with zero attached hydrogens (tertiary/aromatic N) is 6. The summed E-state index contributed by atoms with van der Waals surface area (Å²) in [6.45, 7) is 10.7. The van der Waals surface area contributed by atoms with Gasteiger partial charge in [-0.05, 0) is 88.1 Å². The quantitative estimate of drug-likeness (QED) is 0.178. The van der Waals surface area contributed by atoms with Crippen LogP contribution in [0.1, 0.15) is 68.1 Å². The molecule has 3 heterocycles. The third-order valence-corrected chi connectivity index (χ3v) is 9.65.